The minimum absolute atomic E-state index is 0.109. The first-order chi connectivity index (χ1) is 15.9. The molecular formula is C25H35N5O3. The van der Waals surface area contributed by atoms with Gasteiger partial charge in [0, 0.05) is 44.0 Å². The number of aliphatic hydroxyl groups is 1. The number of likely N-dealkylation sites (tertiary alicyclic amines) is 1. The number of aromatic nitrogens is 2. The first-order valence-corrected chi connectivity index (χ1v) is 11.9. The van der Waals surface area contributed by atoms with Gasteiger partial charge in [-0.25, -0.2) is 9.97 Å². The van der Waals surface area contributed by atoms with Crippen LogP contribution in [-0.2, 0) is 0 Å². The number of amides is 1. The van der Waals surface area contributed by atoms with Gasteiger partial charge in [-0.3, -0.25) is 9.69 Å². The lowest BCUT2D eigenvalue weighted by Crippen LogP contribution is -2.54. The van der Waals surface area contributed by atoms with Crippen LogP contribution in [0.25, 0.3) is 0 Å². The fourth-order valence-electron chi connectivity index (χ4n) is 4.78. The van der Waals surface area contributed by atoms with Crippen LogP contribution in [0.2, 0.25) is 0 Å². The van der Waals surface area contributed by atoms with E-state index in [1.165, 1.54) is 12.8 Å². The summed E-state index contributed by atoms with van der Waals surface area (Å²) in [5.41, 5.74) is 0.497. The van der Waals surface area contributed by atoms with Crippen LogP contribution >= 0.6 is 0 Å². The van der Waals surface area contributed by atoms with Crippen molar-refractivity contribution in [1.29, 1.82) is 0 Å². The van der Waals surface area contributed by atoms with Crippen molar-refractivity contribution in [2.45, 2.75) is 38.2 Å². The number of aryl methyl sites for hydroxylation is 1. The Balaban J connectivity index is 1.30. The zero-order chi connectivity index (χ0) is 23.3. The normalized spacial score (nSPS) is 21.2. The number of benzene rings is 1. The second kappa shape index (κ2) is 10.5. The van der Waals surface area contributed by atoms with Gasteiger partial charge in [-0.1, -0.05) is 0 Å². The highest BCUT2D eigenvalue weighted by molar-refractivity contribution is 5.94. The zero-order valence-corrected chi connectivity index (χ0v) is 19.7. The molecule has 33 heavy (non-hydrogen) atoms. The largest absolute Gasteiger partial charge is 0.492 e. The van der Waals surface area contributed by atoms with Crippen molar-refractivity contribution in [3.8, 4) is 5.75 Å². The van der Waals surface area contributed by atoms with E-state index in [-0.39, 0.29) is 12.5 Å². The van der Waals surface area contributed by atoms with Gasteiger partial charge >= 0.3 is 0 Å². The lowest BCUT2D eigenvalue weighted by molar-refractivity contribution is -0.000142. The molecule has 0 radical (unpaired) electrons. The molecule has 8 nitrogen and oxygen atoms in total. The van der Waals surface area contributed by atoms with Crippen molar-refractivity contribution >= 4 is 11.7 Å². The average molecular weight is 454 g/mol. The van der Waals surface area contributed by atoms with Gasteiger partial charge in [-0.2, -0.15) is 0 Å². The lowest BCUT2D eigenvalue weighted by atomic mass is 9.92. The van der Waals surface area contributed by atoms with Crippen LogP contribution in [0.1, 0.15) is 41.7 Å². The third kappa shape index (κ3) is 6.21. The van der Waals surface area contributed by atoms with Crippen molar-refractivity contribution < 1.29 is 14.6 Å². The number of hydrogen-bond donors (Lipinski definition) is 1. The van der Waals surface area contributed by atoms with Crippen LogP contribution in [-0.4, -0.2) is 89.3 Å². The number of rotatable bonds is 8. The molecule has 1 aromatic heterocycles. The predicted octanol–water partition coefficient (Wildman–Crippen LogP) is 2.36. The van der Waals surface area contributed by atoms with E-state index in [1.807, 2.05) is 25.1 Å². The van der Waals surface area contributed by atoms with Crippen molar-refractivity contribution in [3.05, 3.63) is 47.9 Å². The molecule has 1 aromatic carbocycles. The lowest BCUT2D eigenvalue weighted by Gasteiger charge is -2.41. The Morgan fingerprint density at radius 2 is 1.91 bits per heavy atom. The van der Waals surface area contributed by atoms with Crippen molar-refractivity contribution in [2.75, 3.05) is 57.8 Å². The Morgan fingerprint density at radius 3 is 2.64 bits per heavy atom. The molecule has 3 heterocycles. The second-order valence-corrected chi connectivity index (χ2v) is 9.35. The molecule has 2 fully saturated rings. The molecule has 2 aromatic rings. The van der Waals surface area contributed by atoms with Gasteiger partial charge in [-0.05, 0) is 70.0 Å². The van der Waals surface area contributed by atoms with Crippen molar-refractivity contribution in [2.24, 2.45) is 0 Å². The fraction of sp³-hybridized carbons (Fsp3) is 0.560. The Labute approximate surface area is 196 Å². The highest BCUT2D eigenvalue weighted by atomic mass is 16.5. The van der Waals surface area contributed by atoms with E-state index in [0.29, 0.717) is 25.1 Å². The molecule has 178 valence electrons. The maximum atomic E-state index is 13.0. The summed E-state index contributed by atoms with van der Waals surface area (Å²) in [5.74, 6) is 1.48. The number of carbonyl (C=O) groups is 1. The fourth-order valence-corrected chi connectivity index (χ4v) is 4.78. The van der Waals surface area contributed by atoms with Crippen LogP contribution in [0.5, 0.6) is 5.75 Å². The molecule has 0 unspecified atom stereocenters. The Kier molecular flexibility index (Phi) is 7.45. The number of β-amino-alcohol motifs (C(OH)–C–C–N with tert-alkyl or cyclic N) is 1. The molecule has 2 saturated heterocycles. The minimum Gasteiger partial charge on any atom is -0.492 e. The molecular weight excluding hydrogens is 418 g/mol. The van der Waals surface area contributed by atoms with E-state index in [0.717, 1.165) is 49.9 Å². The first kappa shape index (κ1) is 23.4. The van der Waals surface area contributed by atoms with Gasteiger partial charge in [0.1, 0.15) is 24.5 Å². The molecule has 1 atom stereocenters. The van der Waals surface area contributed by atoms with Crippen molar-refractivity contribution in [1.82, 2.24) is 19.8 Å². The van der Waals surface area contributed by atoms with E-state index >= 15 is 0 Å². The Bertz CT molecular complexity index is 932. The highest BCUT2D eigenvalue weighted by Crippen LogP contribution is 2.26. The molecule has 0 spiro atoms. The smallest absolute Gasteiger partial charge is 0.253 e. The number of ether oxygens (including phenoxy) is 1. The number of piperidine rings is 1. The van der Waals surface area contributed by atoms with Gasteiger partial charge in [0.2, 0.25) is 0 Å². The van der Waals surface area contributed by atoms with E-state index in [4.69, 9.17) is 4.74 Å². The molecule has 2 aliphatic heterocycles. The number of nitrogens with zero attached hydrogens (tertiary/aromatic N) is 5. The van der Waals surface area contributed by atoms with Crippen LogP contribution in [0, 0.1) is 6.92 Å². The number of likely N-dealkylation sites (N-methyl/N-ethyl adjacent to an activating group) is 1. The number of anilines is 1. The quantitative estimate of drug-likeness (QED) is 0.657. The summed E-state index contributed by atoms with van der Waals surface area (Å²) in [6.07, 6.45) is 5.59. The maximum absolute atomic E-state index is 13.0. The molecule has 0 bridgehead atoms. The monoisotopic (exact) mass is 453 g/mol. The van der Waals surface area contributed by atoms with E-state index in [2.05, 4.69) is 19.8 Å². The van der Waals surface area contributed by atoms with E-state index < -0.39 is 5.60 Å². The minimum atomic E-state index is -0.986. The van der Waals surface area contributed by atoms with Gasteiger partial charge < -0.3 is 19.6 Å². The summed E-state index contributed by atoms with van der Waals surface area (Å²) in [6.45, 7) is 7.37. The van der Waals surface area contributed by atoms with Crippen LogP contribution < -0.4 is 9.64 Å². The van der Waals surface area contributed by atoms with Crippen LogP contribution in [0.3, 0.4) is 0 Å². The third-order valence-electron chi connectivity index (χ3n) is 6.52. The SMILES string of the molecule is Cc1cc(N2CCC[C@](O)(CN(C)C(=O)c3ccc(OCCN4CCCC4)cc3)C2)ncn1. The van der Waals surface area contributed by atoms with E-state index in [9.17, 15) is 9.90 Å². The topological polar surface area (TPSA) is 82.0 Å². The van der Waals surface area contributed by atoms with Crippen LogP contribution in [0.15, 0.2) is 36.7 Å². The Morgan fingerprint density at radius 1 is 1.15 bits per heavy atom. The van der Waals surface area contributed by atoms with Gasteiger partial charge in [0.25, 0.3) is 5.91 Å². The van der Waals surface area contributed by atoms with Gasteiger partial charge in [0.15, 0.2) is 0 Å². The molecule has 8 heteroatoms. The third-order valence-corrected chi connectivity index (χ3v) is 6.52. The summed E-state index contributed by atoms with van der Waals surface area (Å²) in [6, 6.07) is 9.21. The van der Waals surface area contributed by atoms with Crippen molar-refractivity contribution in [3.63, 3.8) is 0 Å². The molecule has 2 aliphatic rings. The van der Waals surface area contributed by atoms with Gasteiger partial charge in [-0.15, -0.1) is 0 Å². The standard InChI is InChI=1S/C25H35N5O3/c1-20-16-23(27-19-26-20)30-13-5-10-25(32,18-30)17-28(2)24(31)21-6-8-22(9-7-21)33-15-14-29-11-3-4-12-29/h6-9,16,19,32H,3-5,10-15,17-18H2,1-2H3/t25-/m0/s1. The van der Waals surface area contributed by atoms with Crippen LogP contribution in [0.4, 0.5) is 5.82 Å². The summed E-state index contributed by atoms with van der Waals surface area (Å²) >= 11 is 0. The second-order valence-electron chi connectivity index (χ2n) is 9.35. The summed E-state index contributed by atoms with van der Waals surface area (Å²) in [5, 5.41) is 11.3. The number of carbonyl (C=O) groups excluding carboxylic acids is 1. The predicted molar refractivity (Wildman–Crippen MR) is 128 cm³/mol. The first-order valence-electron chi connectivity index (χ1n) is 11.9. The molecule has 0 aliphatic carbocycles. The highest BCUT2D eigenvalue weighted by Gasteiger charge is 2.36. The summed E-state index contributed by atoms with van der Waals surface area (Å²) < 4.78 is 5.84. The number of hydrogen-bond acceptors (Lipinski definition) is 7. The maximum Gasteiger partial charge on any atom is 0.253 e. The molecule has 0 saturated carbocycles. The summed E-state index contributed by atoms with van der Waals surface area (Å²) in [7, 11) is 1.74. The van der Waals surface area contributed by atoms with E-state index in [1.54, 1.807) is 30.4 Å². The average Bonchev–Trinajstić information content (AvgIpc) is 3.32. The molecule has 1 amide bonds. The molecule has 4 rings (SSSR count). The van der Waals surface area contributed by atoms with Gasteiger partial charge in [0.05, 0.1) is 12.1 Å². The molecule has 1 N–H and O–H groups in total. The zero-order valence-electron chi connectivity index (χ0n) is 19.7. The Hall–Kier alpha value is -2.71. The summed E-state index contributed by atoms with van der Waals surface area (Å²) in [4.78, 5) is 27.6.